The van der Waals surface area contributed by atoms with Crippen LogP contribution in [0.2, 0.25) is 0 Å². The maximum absolute atomic E-state index is 6.01. The summed E-state index contributed by atoms with van der Waals surface area (Å²) >= 11 is 0. The SMILES string of the molecule is Cc1cc(Cc2c(Nc3cc(C)[nH]n3)nc(N)nc2N2CCOCC2)on1. The van der Waals surface area contributed by atoms with Gasteiger partial charge in [-0.15, -0.1) is 0 Å². The normalized spacial score (nSPS) is 14.5. The van der Waals surface area contributed by atoms with Gasteiger partial charge in [0, 0.05) is 42.9 Å². The third-order valence-electron chi connectivity index (χ3n) is 4.29. The summed E-state index contributed by atoms with van der Waals surface area (Å²) in [5.74, 6) is 2.97. The van der Waals surface area contributed by atoms with Crippen molar-refractivity contribution in [3.63, 3.8) is 0 Å². The highest BCUT2D eigenvalue weighted by Crippen LogP contribution is 2.30. The Morgan fingerprint density at radius 1 is 1.22 bits per heavy atom. The van der Waals surface area contributed by atoms with Crippen LogP contribution in [0.4, 0.5) is 23.4 Å². The molecule has 1 aliphatic rings. The van der Waals surface area contributed by atoms with Crippen LogP contribution in [0.15, 0.2) is 16.7 Å². The van der Waals surface area contributed by atoms with Crippen LogP contribution in [-0.4, -0.2) is 51.6 Å². The molecule has 142 valence electrons. The van der Waals surface area contributed by atoms with E-state index in [9.17, 15) is 0 Å². The quantitative estimate of drug-likeness (QED) is 0.612. The van der Waals surface area contributed by atoms with Gasteiger partial charge in [-0.25, -0.2) is 0 Å². The summed E-state index contributed by atoms with van der Waals surface area (Å²) in [7, 11) is 0. The van der Waals surface area contributed by atoms with Crippen LogP contribution in [0.5, 0.6) is 0 Å². The van der Waals surface area contributed by atoms with Gasteiger partial charge in [0.1, 0.15) is 17.4 Å². The van der Waals surface area contributed by atoms with E-state index >= 15 is 0 Å². The van der Waals surface area contributed by atoms with Crippen LogP contribution < -0.4 is 16.0 Å². The first-order valence-electron chi connectivity index (χ1n) is 8.79. The number of ether oxygens (including phenoxy) is 1. The van der Waals surface area contributed by atoms with Crippen LogP contribution in [0.1, 0.15) is 22.7 Å². The summed E-state index contributed by atoms with van der Waals surface area (Å²) in [5, 5.41) is 14.4. The van der Waals surface area contributed by atoms with Crippen LogP contribution >= 0.6 is 0 Å². The number of H-pyrrole nitrogens is 1. The van der Waals surface area contributed by atoms with Crippen molar-refractivity contribution in [3.8, 4) is 0 Å². The topological polar surface area (TPSA) is 131 Å². The predicted octanol–water partition coefficient (Wildman–Crippen LogP) is 1.56. The minimum absolute atomic E-state index is 0.198. The Bertz CT molecular complexity index is 929. The van der Waals surface area contributed by atoms with Crippen molar-refractivity contribution in [1.82, 2.24) is 25.3 Å². The molecule has 3 aromatic rings. The molecule has 10 heteroatoms. The summed E-state index contributed by atoms with van der Waals surface area (Å²) in [6, 6.07) is 3.80. The van der Waals surface area contributed by atoms with Gasteiger partial charge in [-0.2, -0.15) is 15.1 Å². The number of aromatic amines is 1. The average Bonchev–Trinajstić information content (AvgIpc) is 3.25. The van der Waals surface area contributed by atoms with Gasteiger partial charge in [-0.05, 0) is 13.8 Å². The molecule has 0 amide bonds. The highest BCUT2D eigenvalue weighted by Gasteiger charge is 2.23. The van der Waals surface area contributed by atoms with E-state index in [-0.39, 0.29) is 5.95 Å². The first-order valence-corrected chi connectivity index (χ1v) is 8.79. The highest BCUT2D eigenvalue weighted by molar-refractivity contribution is 5.67. The second-order valence-electron chi connectivity index (χ2n) is 6.50. The monoisotopic (exact) mass is 370 g/mol. The fraction of sp³-hybridized carbons (Fsp3) is 0.412. The Labute approximate surface area is 156 Å². The zero-order chi connectivity index (χ0) is 18.8. The van der Waals surface area contributed by atoms with Gasteiger partial charge in [-0.3, -0.25) is 5.10 Å². The van der Waals surface area contributed by atoms with Gasteiger partial charge in [-0.1, -0.05) is 5.16 Å². The predicted molar refractivity (Wildman–Crippen MR) is 100 cm³/mol. The fourth-order valence-corrected chi connectivity index (χ4v) is 3.07. The molecule has 4 N–H and O–H groups in total. The summed E-state index contributed by atoms with van der Waals surface area (Å²) in [6.45, 7) is 6.59. The third-order valence-corrected chi connectivity index (χ3v) is 4.29. The molecular weight excluding hydrogens is 348 g/mol. The average molecular weight is 370 g/mol. The van der Waals surface area contributed by atoms with Gasteiger partial charge >= 0.3 is 0 Å². The third kappa shape index (κ3) is 3.85. The zero-order valence-electron chi connectivity index (χ0n) is 15.3. The van der Waals surface area contributed by atoms with E-state index in [0.29, 0.717) is 31.3 Å². The van der Waals surface area contributed by atoms with Crippen molar-refractivity contribution in [2.75, 3.05) is 42.3 Å². The maximum atomic E-state index is 6.01. The number of morpholine rings is 1. The number of aromatic nitrogens is 5. The molecule has 3 aromatic heterocycles. The molecule has 0 aliphatic carbocycles. The van der Waals surface area contributed by atoms with E-state index in [4.69, 9.17) is 15.0 Å². The van der Waals surface area contributed by atoms with Crippen LogP contribution in [0, 0.1) is 13.8 Å². The Hall–Kier alpha value is -3.14. The second kappa shape index (κ2) is 7.23. The smallest absolute Gasteiger partial charge is 0.223 e. The number of hydrogen-bond acceptors (Lipinski definition) is 9. The van der Waals surface area contributed by atoms with Gasteiger partial charge < -0.3 is 25.2 Å². The van der Waals surface area contributed by atoms with Gasteiger partial charge in [0.05, 0.1) is 18.9 Å². The summed E-state index contributed by atoms with van der Waals surface area (Å²) in [5.41, 5.74) is 8.66. The number of aryl methyl sites for hydroxylation is 2. The molecule has 0 radical (unpaired) electrons. The van der Waals surface area contributed by atoms with Gasteiger partial charge in [0.15, 0.2) is 5.82 Å². The van der Waals surface area contributed by atoms with Crippen LogP contribution in [0.25, 0.3) is 0 Å². The largest absolute Gasteiger partial charge is 0.378 e. The Balaban J connectivity index is 1.76. The number of hydrogen-bond donors (Lipinski definition) is 3. The molecule has 0 spiro atoms. The number of nitrogen functional groups attached to an aromatic ring is 1. The van der Waals surface area contributed by atoms with E-state index in [1.54, 1.807) is 0 Å². The Morgan fingerprint density at radius 3 is 2.70 bits per heavy atom. The fourth-order valence-electron chi connectivity index (χ4n) is 3.07. The van der Waals surface area contributed by atoms with Crippen LogP contribution in [-0.2, 0) is 11.2 Å². The molecule has 1 aliphatic heterocycles. The summed E-state index contributed by atoms with van der Waals surface area (Å²) in [6.07, 6.45) is 0.486. The lowest BCUT2D eigenvalue weighted by atomic mass is 10.1. The first-order chi connectivity index (χ1) is 13.1. The van der Waals surface area contributed by atoms with E-state index < -0.39 is 0 Å². The highest BCUT2D eigenvalue weighted by atomic mass is 16.5. The number of anilines is 4. The molecule has 1 saturated heterocycles. The van der Waals surface area contributed by atoms with Crippen molar-refractivity contribution in [1.29, 1.82) is 0 Å². The van der Waals surface area contributed by atoms with Crippen molar-refractivity contribution in [3.05, 3.63) is 34.8 Å². The number of nitrogens with two attached hydrogens (primary N) is 1. The Morgan fingerprint density at radius 2 is 2.04 bits per heavy atom. The molecule has 0 atom stereocenters. The molecule has 0 aromatic carbocycles. The standard InChI is InChI=1S/C17H22N8O2/c1-10-8-14(23-22-10)19-15-13(9-12-7-11(2)24-27-12)16(21-17(18)20-15)25-3-5-26-6-4-25/h7-8H,3-6,9H2,1-2H3,(H4,18,19,20,21,22,23). The lowest BCUT2D eigenvalue weighted by Crippen LogP contribution is -2.37. The van der Waals surface area contributed by atoms with Crippen LogP contribution in [0.3, 0.4) is 0 Å². The molecule has 4 rings (SSSR count). The molecule has 0 bridgehead atoms. The van der Waals surface area contributed by atoms with Crippen molar-refractivity contribution in [2.45, 2.75) is 20.3 Å². The summed E-state index contributed by atoms with van der Waals surface area (Å²) in [4.78, 5) is 11.1. The molecule has 0 unspecified atom stereocenters. The molecular formula is C17H22N8O2. The van der Waals surface area contributed by atoms with Gasteiger partial charge in [0.2, 0.25) is 5.95 Å². The lowest BCUT2D eigenvalue weighted by molar-refractivity contribution is 0.122. The first kappa shape index (κ1) is 17.3. The minimum atomic E-state index is 0.198. The number of nitrogens with one attached hydrogen (secondary N) is 2. The molecule has 10 nitrogen and oxygen atoms in total. The van der Waals surface area contributed by atoms with Crippen molar-refractivity contribution < 1.29 is 9.26 Å². The zero-order valence-corrected chi connectivity index (χ0v) is 15.3. The minimum Gasteiger partial charge on any atom is -0.378 e. The van der Waals surface area contributed by atoms with Crippen molar-refractivity contribution in [2.24, 2.45) is 0 Å². The van der Waals surface area contributed by atoms with E-state index in [2.05, 4.69) is 35.5 Å². The van der Waals surface area contributed by atoms with Crippen molar-refractivity contribution >= 4 is 23.4 Å². The summed E-state index contributed by atoms with van der Waals surface area (Å²) < 4.78 is 10.9. The molecule has 4 heterocycles. The molecule has 0 saturated carbocycles. The lowest BCUT2D eigenvalue weighted by Gasteiger charge is -2.30. The maximum Gasteiger partial charge on any atom is 0.223 e. The molecule has 1 fully saturated rings. The van der Waals surface area contributed by atoms with E-state index in [0.717, 1.165) is 41.6 Å². The second-order valence-corrected chi connectivity index (χ2v) is 6.50. The molecule has 27 heavy (non-hydrogen) atoms. The van der Waals surface area contributed by atoms with E-state index in [1.807, 2.05) is 26.0 Å². The van der Waals surface area contributed by atoms with E-state index in [1.165, 1.54) is 0 Å². The Kier molecular flexibility index (Phi) is 4.63. The number of nitrogens with zero attached hydrogens (tertiary/aromatic N) is 5. The van der Waals surface area contributed by atoms with Gasteiger partial charge in [0.25, 0.3) is 0 Å². The number of rotatable bonds is 5.